The number of ether oxygens (including phenoxy) is 2. The Morgan fingerprint density at radius 2 is 1.69 bits per heavy atom. The van der Waals surface area contributed by atoms with E-state index in [2.05, 4.69) is 40.7 Å². The molecule has 0 aromatic carbocycles. The number of esters is 1. The van der Waals surface area contributed by atoms with Gasteiger partial charge in [-0.2, -0.15) is 0 Å². The first-order valence-electron chi connectivity index (χ1n) is 14.5. The molecule has 5 nitrogen and oxygen atoms in total. The maximum Gasteiger partial charge on any atom is 0.341 e. The molecule has 5 rings (SSSR count). The van der Waals surface area contributed by atoms with E-state index in [0.717, 1.165) is 44.9 Å². The summed E-state index contributed by atoms with van der Waals surface area (Å²) in [5, 5.41) is 9.16. The molecule has 9 unspecified atom stereocenters. The lowest BCUT2D eigenvalue weighted by molar-refractivity contribution is -0.179. The van der Waals surface area contributed by atoms with Crippen LogP contribution in [-0.4, -0.2) is 36.9 Å². The number of carboxylic acids is 1. The summed E-state index contributed by atoms with van der Waals surface area (Å²) in [4.78, 5) is 24.7. The second-order valence-electron chi connectivity index (χ2n) is 14.5. The van der Waals surface area contributed by atoms with Crippen molar-refractivity contribution in [2.45, 2.75) is 105 Å². The number of methoxy groups -OCH3 is 1. The monoisotopic (exact) mass is 500 g/mol. The minimum Gasteiger partial charge on any atom is -0.479 e. The van der Waals surface area contributed by atoms with Crippen molar-refractivity contribution in [2.24, 2.45) is 51.2 Å². The van der Waals surface area contributed by atoms with Crippen molar-refractivity contribution < 1.29 is 24.2 Å². The van der Waals surface area contributed by atoms with Crippen molar-refractivity contribution in [2.75, 3.05) is 13.7 Å². The number of allylic oxidation sites excluding steroid dienone is 2. The Labute approximate surface area is 217 Å². The van der Waals surface area contributed by atoms with Crippen LogP contribution in [0, 0.1) is 51.2 Å². The Balaban J connectivity index is 1.49. The molecule has 4 fully saturated rings. The summed E-state index contributed by atoms with van der Waals surface area (Å²) < 4.78 is 11.3. The van der Waals surface area contributed by atoms with E-state index in [1.54, 1.807) is 0 Å². The van der Waals surface area contributed by atoms with E-state index >= 15 is 0 Å². The van der Waals surface area contributed by atoms with Crippen LogP contribution in [0.3, 0.4) is 0 Å². The van der Waals surface area contributed by atoms with Gasteiger partial charge in [0.15, 0.2) is 6.61 Å². The van der Waals surface area contributed by atoms with Gasteiger partial charge in [0, 0.05) is 7.11 Å². The number of carbonyl (C=O) groups is 2. The van der Waals surface area contributed by atoms with E-state index in [4.69, 9.17) is 14.6 Å². The molecule has 0 heterocycles. The molecule has 0 aromatic rings. The number of carboxylic acid groups (broad SMARTS) is 1. The number of hydrogen-bond donors (Lipinski definition) is 1. The summed E-state index contributed by atoms with van der Waals surface area (Å²) in [6.07, 6.45) is 13.6. The van der Waals surface area contributed by atoms with Crippen LogP contribution < -0.4 is 0 Å². The number of hydrogen-bond acceptors (Lipinski definition) is 4. The van der Waals surface area contributed by atoms with E-state index in [0.29, 0.717) is 35.2 Å². The fraction of sp³-hybridized carbons (Fsp3) is 0.871. The highest BCUT2D eigenvalue weighted by molar-refractivity contribution is 5.81. The first-order valence-corrected chi connectivity index (χ1v) is 14.5. The van der Waals surface area contributed by atoms with Crippen LogP contribution in [-0.2, 0) is 19.1 Å². The molecule has 36 heavy (non-hydrogen) atoms. The summed E-state index contributed by atoms with van der Waals surface area (Å²) >= 11 is 0. The quantitative estimate of drug-likeness (QED) is 0.345. The number of fused-ring (bicyclic) bond motifs is 7. The van der Waals surface area contributed by atoms with Crippen LogP contribution in [0.25, 0.3) is 0 Å². The maximum absolute atomic E-state index is 13.5. The van der Waals surface area contributed by atoms with Crippen molar-refractivity contribution in [3.63, 3.8) is 0 Å². The van der Waals surface area contributed by atoms with Crippen molar-refractivity contribution >= 4 is 11.9 Å². The molecule has 0 amide bonds. The molecule has 0 bridgehead atoms. The molecule has 5 heteroatoms. The minimum atomic E-state index is -1.07. The molecule has 1 N–H and O–H groups in total. The van der Waals surface area contributed by atoms with Gasteiger partial charge in [0.2, 0.25) is 0 Å². The van der Waals surface area contributed by atoms with Gasteiger partial charge >= 0.3 is 11.9 Å². The van der Waals surface area contributed by atoms with Crippen LogP contribution >= 0.6 is 0 Å². The normalized spacial score (nSPS) is 47.3. The number of carbonyl (C=O) groups excluding carboxylic acids is 1. The predicted octanol–water partition coefficient (Wildman–Crippen LogP) is 6.65. The summed E-state index contributed by atoms with van der Waals surface area (Å²) in [6, 6.07) is 0. The van der Waals surface area contributed by atoms with Gasteiger partial charge in [0.1, 0.15) is 0 Å². The van der Waals surface area contributed by atoms with Gasteiger partial charge in [-0.3, -0.25) is 4.79 Å². The third kappa shape index (κ3) is 3.81. The molecular weight excluding hydrogens is 452 g/mol. The van der Waals surface area contributed by atoms with Crippen LogP contribution in [0.15, 0.2) is 11.6 Å². The lowest BCUT2D eigenvalue weighted by Crippen LogP contribution is -2.60. The Morgan fingerprint density at radius 3 is 2.39 bits per heavy atom. The number of aliphatic carboxylic acids is 1. The average Bonchev–Trinajstić information content (AvgIpc) is 2.82. The van der Waals surface area contributed by atoms with Crippen molar-refractivity contribution in [1.29, 1.82) is 0 Å². The molecule has 5 aliphatic rings. The van der Waals surface area contributed by atoms with Crippen LogP contribution in [0.2, 0.25) is 0 Å². The lowest BCUT2D eigenvalue weighted by Gasteiger charge is -2.66. The summed E-state index contributed by atoms with van der Waals surface area (Å²) in [5.41, 5.74) is 1.74. The van der Waals surface area contributed by atoms with Gasteiger partial charge in [-0.15, -0.1) is 0 Å². The zero-order chi connectivity index (χ0) is 26.1. The molecule has 0 radical (unpaired) electrons. The Morgan fingerprint density at radius 1 is 0.972 bits per heavy atom. The largest absolute Gasteiger partial charge is 0.479 e. The molecule has 9 atom stereocenters. The first-order chi connectivity index (χ1) is 16.9. The fourth-order valence-electron chi connectivity index (χ4n) is 10.5. The second-order valence-corrected chi connectivity index (χ2v) is 14.5. The van der Waals surface area contributed by atoms with E-state index in [9.17, 15) is 9.59 Å². The average molecular weight is 501 g/mol. The Kier molecular flexibility index (Phi) is 6.45. The molecule has 202 valence electrons. The molecule has 0 saturated heterocycles. The SMILES string of the molecule is COC1CCC2(C)C(CCC3(C)C4CCC5(C(=O)OCC(=O)O)CCC(C)(C)CC5C4=CCC32)C1C. The standard InChI is InChI=1S/C31H48O5/c1-19-21-9-12-30(5)22-10-14-31(27(34)36-18-26(32)33)16-15-28(2,3)17-23(31)20(22)7-8-25(30)29(21,4)13-11-24(19)35-6/h7,19,21-25H,8-18H2,1-6H3,(H,32,33). The van der Waals surface area contributed by atoms with Gasteiger partial charge in [-0.05, 0) is 110 Å². The molecule has 5 aliphatic carbocycles. The molecule has 0 spiro atoms. The molecular formula is C31H48O5. The highest BCUT2D eigenvalue weighted by Gasteiger charge is 2.64. The smallest absolute Gasteiger partial charge is 0.341 e. The van der Waals surface area contributed by atoms with Crippen LogP contribution in [0.5, 0.6) is 0 Å². The Bertz CT molecular complexity index is 937. The van der Waals surface area contributed by atoms with Gasteiger partial charge in [0.05, 0.1) is 11.5 Å². The van der Waals surface area contributed by atoms with Gasteiger partial charge in [-0.1, -0.05) is 46.3 Å². The summed E-state index contributed by atoms with van der Waals surface area (Å²) in [6.45, 7) is 11.7. The highest BCUT2D eigenvalue weighted by Crippen LogP contribution is 2.71. The van der Waals surface area contributed by atoms with Crippen LogP contribution in [0.4, 0.5) is 0 Å². The van der Waals surface area contributed by atoms with Crippen LogP contribution in [0.1, 0.15) is 98.8 Å². The van der Waals surface area contributed by atoms with Gasteiger partial charge in [-0.25, -0.2) is 4.79 Å². The fourth-order valence-corrected chi connectivity index (χ4v) is 10.5. The molecule has 4 saturated carbocycles. The maximum atomic E-state index is 13.5. The molecule has 0 aromatic heterocycles. The Hall–Kier alpha value is -1.36. The third-order valence-electron chi connectivity index (χ3n) is 12.4. The number of rotatable bonds is 4. The van der Waals surface area contributed by atoms with E-state index in [1.165, 1.54) is 24.8 Å². The van der Waals surface area contributed by atoms with Crippen molar-refractivity contribution in [3.05, 3.63) is 11.6 Å². The van der Waals surface area contributed by atoms with Crippen molar-refractivity contribution in [3.8, 4) is 0 Å². The topological polar surface area (TPSA) is 72.8 Å². The van der Waals surface area contributed by atoms with Gasteiger partial charge < -0.3 is 14.6 Å². The third-order valence-corrected chi connectivity index (χ3v) is 12.4. The predicted molar refractivity (Wildman–Crippen MR) is 139 cm³/mol. The van der Waals surface area contributed by atoms with Crippen molar-refractivity contribution in [1.82, 2.24) is 0 Å². The minimum absolute atomic E-state index is 0.174. The highest BCUT2D eigenvalue weighted by atomic mass is 16.6. The first kappa shape index (κ1) is 26.3. The summed E-state index contributed by atoms with van der Waals surface area (Å²) in [7, 11) is 1.88. The zero-order valence-electron chi connectivity index (χ0n) is 23.4. The van der Waals surface area contributed by atoms with E-state index in [1.807, 2.05) is 7.11 Å². The molecule has 0 aliphatic heterocycles. The zero-order valence-corrected chi connectivity index (χ0v) is 23.4. The van der Waals surface area contributed by atoms with Gasteiger partial charge in [0.25, 0.3) is 0 Å². The lowest BCUT2D eigenvalue weighted by atomic mass is 9.38. The van der Waals surface area contributed by atoms with E-state index in [-0.39, 0.29) is 22.7 Å². The summed E-state index contributed by atoms with van der Waals surface area (Å²) in [5.74, 6) is 1.34. The van der Waals surface area contributed by atoms with E-state index < -0.39 is 18.0 Å². The second kappa shape index (κ2) is 8.85.